The fourth-order valence-corrected chi connectivity index (χ4v) is 7.05. The van der Waals surface area contributed by atoms with Crippen LogP contribution < -0.4 is 26.8 Å². The van der Waals surface area contributed by atoms with E-state index >= 15 is 0 Å². The smallest absolute Gasteiger partial charge is 0.354 e. The first kappa shape index (κ1) is 37.1. The Kier molecular flexibility index (Phi) is 11.1. The number of carbonyl (C=O) groups excluding carboxylic acids is 2. The van der Waals surface area contributed by atoms with Crippen molar-refractivity contribution < 1.29 is 47.2 Å². The molecule has 1 aliphatic carbocycles. The van der Waals surface area contributed by atoms with Gasteiger partial charge < -0.3 is 36.6 Å². The lowest BCUT2D eigenvalue weighted by Gasteiger charge is -2.50. The molecule has 9 N–H and O–H groups in total. The molecule has 1 aromatic heterocycles. The number of rotatable bonds is 13. The van der Waals surface area contributed by atoms with Crippen molar-refractivity contribution in [1.82, 2.24) is 20.7 Å². The number of hydrogen-bond acceptors (Lipinski definition) is 14. The SMILES string of the molecule is CC(O/N=C(\C(=O)NC1C(=O)N(OS(=O)O)C1(C)C)c1csc(N)n1)(C(=O)O)C1CCc2cc(C(N)=NC3CCC(NCO)CC3)ccc2O1. The lowest BCUT2D eigenvalue weighted by Crippen LogP contribution is -2.76. The number of β-lactam (4-membered cyclic amide) rings is 1. The number of aromatic nitrogens is 1. The standard InChI is InChI=1S/C30H40N8O10S2/c1-29(2)23(26(41)38(29)48-50(44)45)36-25(40)22(19-13-49-28(32)35-19)37-47-30(3,27(42)43)21-11-5-15-12-16(4-10-20(15)46-21)24(31)34-18-8-6-17(7-9-18)33-14-39/h4,10,12-13,17-18,21,23,33,39H,5-9,11,14H2,1-3H3,(H2,31,34)(H2,32,35)(H,36,40)(H,42,43)(H,44,45)/b37-22-. The number of aliphatic imine (C=N–C) groups is 1. The maximum atomic E-state index is 13.5. The number of hydrogen-bond donors (Lipinski definition) is 7. The maximum Gasteiger partial charge on any atom is 0.354 e. The van der Waals surface area contributed by atoms with Crippen LogP contribution >= 0.6 is 11.3 Å². The van der Waals surface area contributed by atoms with Crippen LogP contribution in [0.2, 0.25) is 0 Å². The molecule has 0 bridgehead atoms. The number of oxime groups is 1. The van der Waals surface area contributed by atoms with Crippen molar-refractivity contribution in [3.63, 3.8) is 0 Å². The summed E-state index contributed by atoms with van der Waals surface area (Å²) in [6.45, 7) is 4.20. The number of carbonyl (C=O) groups is 3. The van der Waals surface area contributed by atoms with Crippen LogP contribution in [0.25, 0.3) is 0 Å². The number of anilines is 1. The van der Waals surface area contributed by atoms with E-state index in [0.29, 0.717) is 28.6 Å². The highest BCUT2D eigenvalue weighted by atomic mass is 32.2. The number of fused-ring (bicyclic) bond motifs is 1. The molecular weight excluding hydrogens is 697 g/mol. The summed E-state index contributed by atoms with van der Waals surface area (Å²) < 4.78 is 30.9. The zero-order chi connectivity index (χ0) is 36.4. The van der Waals surface area contributed by atoms with E-state index < -0.39 is 58.1 Å². The molecule has 4 atom stereocenters. The predicted molar refractivity (Wildman–Crippen MR) is 181 cm³/mol. The summed E-state index contributed by atoms with van der Waals surface area (Å²) in [5.41, 5.74) is 9.84. The summed E-state index contributed by atoms with van der Waals surface area (Å²) in [7, 11) is 0. The van der Waals surface area contributed by atoms with Crippen molar-refractivity contribution in [2.45, 2.75) is 94.7 Å². The quantitative estimate of drug-likeness (QED) is 0.0367. The molecule has 50 heavy (non-hydrogen) atoms. The molecule has 3 aliphatic rings. The number of nitrogens with two attached hydrogens (primary N) is 2. The van der Waals surface area contributed by atoms with Gasteiger partial charge in [0.15, 0.2) is 16.9 Å². The summed E-state index contributed by atoms with van der Waals surface area (Å²) in [5, 5.41) is 31.0. The zero-order valence-corrected chi connectivity index (χ0v) is 29.2. The van der Waals surface area contributed by atoms with Crippen LogP contribution in [0.1, 0.15) is 69.7 Å². The Morgan fingerprint density at radius 2 is 1.98 bits per heavy atom. The van der Waals surface area contributed by atoms with Crippen LogP contribution in [0.5, 0.6) is 5.75 Å². The molecule has 0 spiro atoms. The van der Waals surface area contributed by atoms with Crippen molar-refractivity contribution in [1.29, 1.82) is 0 Å². The molecular formula is C30H40N8O10S2. The second kappa shape index (κ2) is 15.0. The predicted octanol–water partition coefficient (Wildman–Crippen LogP) is 0.413. The lowest BCUT2D eigenvalue weighted by atomic mass is 9.84. The maximum absolute atomic E-state index is 13.5. The summed E-state index contributed by atoms with van der Waals surface area (Å²) >= 11 is -1.78. The van der Waals surface area contributed by atoms with Gasteiger partial charge in [-0.3, -0.25) is 24.5 Å². The molecule has 2 aliphatic heterocycles. The minimum Gasteiger partial charge on any atom is -0.485 e. The Hall–Kier alpha value is -4.21. The van der Waals surface area contributed by atoms with Gasteiger partial charge in [0.2, 0.25) is 0 Å². The fourth-order valence-electron chi connectivity index (χ4n) is 6.11. The van der Waals surface area contributed by atoms with Gasteiger partial charge in [-0.2, -0.15) is 9.27 Å². The summed E-state index contributed by atoms with van der Waals surface area (Å²) in [5.74, 6) is -2.34. The minimum absolute atomic E-state index is 0.0385. The third-order valence-corrected chi connectivity index (χ3v) is 10.1. The second-order valence-electron chi connectivity index (χ2n) is 12.8. The van der Waals surface area contributed by atoms with Gasteiger partial charge in [-0.25, -0.2) is 9.78 Å². The van der Waals surface area contributed by atoms with Gasteiger partial charge in [-0.15, -0.1) is 15.6 Å². The molecule has 2 fully saturated rings. The lowest BCUT2D eigenvalue weighted by molar-refractivity contribution is -0.216. The van der Waals surface area contributed by atoms with Crippen LogP contribution in [-0.4, -0.2) is 100 Å². The first-order valence-corrected chi connectivity index (χ1v) is 17.7. The van der Waals surface area contributed by atoms with E-state index in [2.05, 4.69) is 25.1 Å². The molecule has 2 amide bonds. The molecule has 1 saturated carbocycles. The number of thiazole rings is 1. The van der Waals surface area contributed by atoms with E-state index in [1.807, 2.05) is 6.07 Å². The molecule has 4 unspecified atom stereocenters. The largest absolute Gasteiger partial charge is 0.485 e. The number of aryl methyl sites for hydroxylation is 1. The third-order valence-electron chi connectivity index (χ3n) is 9.14. The number of nitrogens with zero attached hydrogens (tertiary/aromatic N) is 4. The molecule has 1 aromatic carbocycles. The van der Waals surface area contributed by atoms with E-state index in [0.717, 1.165) is 42.6 Å². The van der Waals surface area contributed by atoms with Crippen molar-refractivity contribution in [3.8, 4) is 5.75 Å². The number of benzene rings is 1. The van der Waals surface area contributed by atoms with Crippen LogP contribution in [-0.2, 0) is 41.3 Å². The van der Waals surface area contributed by atoms with Crippen LogP contribution in [0, 0.1) is 0 Å². The summed E-state index contributed by atoms with van der Waals surface area (Å²) in [4.78, 5) is 53.2. The van der Waals surface area contributed by atoms with Crippen molar-refractivity contribution in [2.24, 2.45) is 15.9 Å². The molecule has 2 aromatic rings. The Labute approximate surface area is 293 Å². The summed E-state index contributed by atoms with van der Waals surface area (Å²) in [6.07, 6.45) is 3.07. The van der Waals surface area contributed by atoms with Crippen LogP contribution in [0.15, 0.2) is 33.7 Å². The van der Waals surface area contributed by atoms with Gasteiger partial charge >= 0.3 is 17.3 Å². The highest BCUT2D eigenvalue weighted by Gasteiger charge is 2.57. The fraction of sp³-hybridized carbons (Fsp3) is 0.533. The Bertz CT molecular complexity index is 1710. The number of carboxylic acid groups (broad SMARTS) is 1. The van der Waals surface area contributed by atoms with Gasteiger partial charge in [-0.05, 0) is 83.1 Å². The van der Waals surface area contributed by atoms with E-state index in [-0.39, 0.29) is 36.1 Å². The van der Waals surface area contributed by atoms with Gasteiger partial charge in [-0.1, -0.05) is 5.16 Å². The zero-order valence-electron chi connectivity index (χ0n) is 27.5. The number of carboxylic acids is 1. The Morgan fingerprint density at radius 3 is 2.58 bits per heavy atom. The van der Waals surface area contributed by atoms with E-state index in [1.54, 1.807) is 12.1 Å². The van der Waals surface area contributed by atoms with Gasteiger partial charge in [0.25, 0.3) is 17.4 Å². The molecule has 5 rings (SSSR count). The Balaban J connectivity index is 1.31. The average Bonchev–Trinajstić information content (AvgIpc) is 3.51. The van der Waals surface area contributed by atoms with Crippen LogP contribution in [0.4, 0.5) is 5.13 Å². The monoisotopic (exact) mass is 736 g/mol. The van der Waals surface area contributed by atoms with E-state index in [1.165, 1.54) is 26.2 Å². The number of aliphatic carboxylic acids is 1. The average molecular weight is 737 g/mol. The Morgan fingerprint density at radius 1 is 1.26 bits per heavy atom. The molecule has 1 saturated heterocycles. The van der Waals surface area contributed by atoms with Gasteiger partial charge in [0.1, 0.15) is 23.3 Å². The molecule has 272 valence electrons. The van der Waals surface area contributed by atoms with Crippen molar-refractivity contribution >= 4 is 57.2 Å². The summed E-state index contributed by atoms with van der Waals surface area (Å²) in [6, 6.07) is 4.45. The first-order chi connectivity index (χ1) is 23.6. The highest BCUT2D eigenvalue weighted by Crippen LogP contribution is 2.35. The number of nitrogens with one attached hydrogen (secondary N) is 2. The number of hydroxylamine groups is 2. The third kappa shape index (κ3) is 7.74. The molecule has 0 radical (unpaired) electrons. The number of aliphatic hydroxyl groups excluding tert-OH is 1. The number of amides is 2. The second-order valence-corrected chi connectivity index (χ2v) is 14.3. The van der Waals surface area contributed by atoms with E-state index in [4.69, 9.17) is 35.7 Å². The number of nitrogen functional groups attached to an aromatic ring is 1. The molecule has 3 heterocycles. The van der Waals surface area contributed by atoms with Crippen LogP contribution in [0.3, 0.4) is 0 Å². The number of aliphatic hydroxyl groups is 1. The number of amidine groups is 1. The molecule has 18 nitrogen and oxygen atoms in total. The number of ether oxygens (including phenoxy) is 1. The minimum atomic E-state index is -2.78. The van der Waals surface area contributed by atoms with Crippen molar-refractivity contribution in [2.75, 3.05) is 12.5 Å². The topological polar surface area (TPSA) is 274 Å². The molecule has 20 heteroatoms. The normalized spacial score (nSPS) is 25.4. The van der Waals surface area contributed by atoms with E-state index in [9.17, 15) is 23.7 Å². The highest BCUT2D eigenvalue weighted by molar-refractivity contribution is 7.74. The van der Waals surface area contributed by atoms with Gasteiger partial charge in [0, 0.05) is 17.0 Å². The first-order valence-electron chi connectivity index (χ1n) is 15.8. The van der Waals surface area contributed by atoms with Gasteiger partial charge in [0.05, 0.1) is 18.3 Å². The van der Waals surface area contributed by atoms with Crippen molar-refractivity contribution in [3.05, 3.63) is 40.4 Å².